The average Bonchev–Trinajstić information content (AvgIpc) is 0.918. The average molecular weight is 172 g/mol. The van der Waals surface area contributed by atoms with Crippen LogP contribution in [0.1, 0.15) is 0 Å². The Morgan fingerprint density at radius 1 is 1.75 bits per heavy atom. The van der Waals surface area contributed by atoms with Gasteiger partial charge < -0.3 is 5.21 Å². The Kier molecular flexibility index (Phi) is 23.7. The molecule has 0 fully saturated rings. The van der Waals surface area contributed by atoms with Crippen molar-refractivity contribution in [3.05, 3.63) is 4.91 Å². The number of hydrogen-bond acceptors (Lipinski definition) is 2. The molecule has 0 aromatic heterocycles. The molecule has 0 amide bonds. The SMILES string of the molecule is O=NO.[SbH3]. The molecule has 1 N–H and O–H groups in total. The predicted molar refractivity (Wildman–Crippen MR) is 17.5 cm³/mol. The minimum absolute atomic E-state index is 0. The van der Waals surface area contributed by atoms with Gasteiger partial charge in [-0.3, -0.25) is 0 Å². The van der Waals surface area contributed by atoms with Crippen LogP contribution in [-0.4, -0.2) is 29.6 Å². The fraction of sp³-hybridized carbons (Fsp3) is 0. The van der Waals surface area contributed by atoms with Gasteiger partial charge in [0, 0.05) is 0 Å². The van der Waals surface area contributed by atoms with Crippen LogP contribution in [0.25, 0.3) is 0 Å². The van der Waals surface area contributed by atoms with Gasteiger partial charge in [-0.25, -0.2) is 0 Å². The van der Waals surface area contributed by atoms with Gasteiger partial charge in [0.2, 0.25) is 0 Å². The number of rotatable bonds is 0. The van der Waals surface area contributed by atoms with Gasteiger partial charge in [0.15, 0.2) is 5.34 Å². The van der Waals surface area contributed by atoms with Crippen LogP contribution in [0.2, 0.25) is 0 Å². The van der Waals surface area contributed by atoms with Crippen molar-refractivity contribution in [3.8, 4) is 0 Å². The Balaban J connectivity index is 0. The van der Waals surface area contributed by atoms with Gasteiger partial charge >= 0.3 is 24.4 Å². The maximum absolute atomic E-state index is 8.11. The molecule has 0 heterocycles. The summed E-state index contributed by atoms with van der Waals surface area (Å²) in [5.41, 5.74) is 0. The van der Waals surface area contributed by atoms with Crippen molar-refractivity contribution in [2.45, 2.75) is 0 Å². The number of nitrogens with zero attached hydrogens (tertiary/aromatic N) is 1. The van der Waals surface area contributed by atoms with E-state index in [2.05, 4.69) is 0 Å². The Morgan fingerprint density at radius 3 is 1.75 bits per heavy atom. The minimum atomic E-state index is 0. The monoisotopic (exact) mass is 171 g/mol. The zero-order valence-electron chi connectivity index (χ0n) is 2.01. The van der Waals surface area contributed by atoms with Crippen LogP contribution >= 0.6 is 0 Å². The second-order valence-electron chi connectivity index (χ2n) is 0.0816. The van der Waals surface area contributed by atoms with Crippen LogP contribution in [0.15, 0.2) is 5.34 Å². The van der Waals surface area contributed by atoms with E-state index in [0.29, 0.717) is 0 Å². The second kappa shape index (κ2) is 10.7. The molecule has 0 radical (unpaired) electrons. The summed E-state index contributed by atoms with van der Waals surface area (Å²) in [5, 5.41) is 7.89. The molecule has 0 bridgehead atoms. The van der Waals surface area contributed by atoms with E-state index < -0.39 is 0 Å². The molecule has 0 aromatic rings. The quantitative estimate of drug-likeness (QED) is 0.288. The van der Waals surface area contributed by atoms with Crippen LogP contribution < -0.4 is 0 Å². The molecule has 0 saturated carbocycles. The molecule has 0 aliphatic heterocycles. The van der Waals surface area contributed by atoms with Crippen molar-refractivity contribution in [2.75, 3.05) is 0 Å². The molecule has 4 heteroatoms. The first-order valence-electron chi connectivity index (χ1n) is 0.383. The first-order chi connectivity index (χ1) is 1.41. The zero-order valence-corrected chi connectivity index (χ0v) is 6.05. The van der Waals surface area contributed by atoms with Gasteiger partial charge in [-0.1, -0.05) is 0 Å². The first kappa shape index (κ1) is 8.88. The van der Waals surface area contributed by atoms with Crippen molar-refractivity contribution >= 4 is 24.4 Å². The van der Waals surface area contributed by atoms with Crippen molar-refractivity contribution in [3.63, 3.8) is 0 Å². The van der Waals surface area contributed by atoms with Crippen LogP contribution in [0.3, 0.4) is 0 Å². The van der Waals surface area contributed by atoms with Crippen molar-refractivity contribution in [2.24, 2.45) is 5.34 Å². The van der Waals surface area contributed by atoms with E-state index in [-0.39, 0.29) is 24.4 Å². The molecule has 3 nitrogen and oxygen atoms in total. The summed E-state index contributed by atoms with van der Waals surface area (Å²) in [6.45, 7) is 0. The van der Waals surface area contributed by atoms with Gasteiger partial charge in [0.25, 0.3) is 0 Å². The first-order valence-corrected chi connectivity index (χ1v) is 0.383. The predicted octanol–water partition coefficient (Wildman–Crippen LogP) is -1.04. The normalized spacial score (nSPS) is 3.00. The van der Waals surface area contributed by atoms with Gasteiger partial charge in [-0.15, -0.1) is 4.91 Å². The van der Waals surface area contributed by atoms with Crippen LogP contribution in [-0.2, 0) is 0 Å². The van der Waals surface area contributed by atoms with Crippen LogP contribution in [0.5, 0.6) is 0 Å². The van der Waals surface area contributed by atoms with E-state index in [1.165, 1.54) is 5.34 Å². The van der Waals surface area contributed by atoms with Crippen LogP contribution in [0.4, 0.5) is 0 Å². The molecule has 0 atom stereocenters. The summed E-state index contributed by atoms with van der Waals surface area (Å²) < 4.78 is 0. The Morgan fingerprint density at radius 2 is 1.75 bits per heavy atom. The molecule has 0 aliphatic carbocycles. The molecule has 0 spiro atoms. The molecule has 0 rings (SSSR count). The molecule has 4 heavy (non-hydrogen) atoms. The van der Waals surface area contributed by atoms with E-state index in [9.17, 15) is 0 Å². The fourth-order valence-corrected chi connectivity index (χ4v) is 0. The molecule has 0 saturated heterocycles. The summed E-state index contributed by atoms with van der Waals surface area (Å²) in [5.74, 6) is 0. The summed E-state index contributed by atoms with van der Waals surface area (Å²) in [6, 6.07) is 0. The van der Waals surface area contributed by atoms with Crippen molar-refractivity contribution in [1.29, 1.82) is 0 Å². The van der Waals surface area contributed by atoms with Crippen molar-refractivity contribution in [1.82, 2.24) is 0 Å². The summed E-state index contributed by atoms with van der Waals surface area (Å²) in [4.78, 5) is 8.11. The third-order valence-electron chi connectivity index (χ3n) is 0. The van der Waals surface area contributed by atoms with E-state index in [0.717, 1.165) is 0 Å². The van der Waals surface area contributed by atoms with Crippen molar-refractivity contribution < 1.29 is 5.21 Å². The van der Waals surface area contributed by atoms with E-state index in [1.54, 1.807) is 0 Å². The summed E-state index contributed by atoms with van der Waals surface area (Å²) >= 11 is 0. The second-order valence-corrected chi connectivity index (χ2v) is 0.0816. The standard InChI is InChI=1S/HNO2.Sb.3H/c2-1-3;;;;/h(H,2,3);;;;. The fourth-order valence-electron chi connectivity index (χ4n) is 0. The number of hydrogen-bond donors (Lipinski definition) is 1. The molecule has 0 aliphatic rings. The van der Waals surface area contributed by atoms with Gasteiger partial charge in [-0.2, -0.15) is 0 Å². The van der Waals surface area contributed by atoms with Gasteiger partial charge in [0.05, 0.1) is 0 Å². The third kappa shape index (κ3) is 69.1. The van der Waals surface area contributed by atoms with E-state index >= 15 is 0 Å². The van der Waals surface area contributed by atoms with E-state index in [1.807, 2.05) is 0 Å². The Bertz CT molecular complexity index is 13.5. The summed E-state index contributed by atoms with van der Waals surface area (Å²) in [7, 11) is 0. The molecule has 0 aromatic carbocycles. The van der Waals surface area contributed by atoms with Crippen LogP contribution in [0, 0.1) is 4.91 Å². The molecular formula is H4NO2Sb. The molecule has 0 unspecified atom stereocenters. The van der Waals surface area contributed by atoms with Gasteiger partial charge in [-0.05, 0) is 0 Å². The molecule has 26 valence electrons. The van der Waals surface area contributed by atoms with E-state index in [4.69, 9.17) is 10.1 Å². The topological polar surface area (TPSA) is 49.7 Å². The summed E-state index contributed by atoms with van der Waals surface area (Å²) in [6.07, 6.45) is 0. The maximum atomic E-state index is 8.11. The Labute approximate surface area is 40.4 Å². The van der Waals surface area contributed by atoms with Gasteiger partial charge in [0.1, 0.15) is 0 Å². The Hall–Kier alpha value is 0.218. The zero-order chi connectivity index (χ0) is 2.71. The molecular weight excluding hydrogens is 168 g/mol. The third-order valence-corrected chi connectivity index (χ3v) is 0.